The Bertz CT molecular complexity index is 1090. The van der Waals surface area contributed by atoms with Gasteiger partial charge in [0.25, 0.3) is 7.82 Å². The van der Waals surface area contributed by atoms with Crippen molar-refractivity contribution in [1.29, 1.82) is 0 Å². The van der Waals surface area contributed by atoms with Crippen molar-refractivity contribution >= 4 is 13.8 Å². The van der Waals surface area contributed by atoms with Crippen molar-refractivity contribution < 1.29 is 37.3 Å². The van der Waals surface area contributed by atoms with Crippen molar-refractivity contribution in [2.75, 3.05) is 54.1 Å². The Hall–Kier alpha value is -1.80. The van der Waals surface area contributed by atoms with Gasteiger partial charge in [-0.3, -0.25) is 9.36 Å². The lowest BCUT2D eigenvalue weighted by Crippen LogP contribution is -2.37. The standard InChI is InChI=1S/C48H88NO7P/c1-6-8-10-12-14-16-18-20-22-24-25-26-27-29-31-33-35-37-39-41-48(50)56-47(46-55-57(51,52)54-44-42-49(3,4)5)45-53-43-40-38-36-34-32-30-28-23-21-19-17-15-13-11-9-7-2/h9,11,14-17,20-23,47H,6-8,10,12-13,18-19,24-46H2,1-5H3/b11-9-,16-14-,17-15-,22-20-,23-21-. The fourth-order valence-corrected chi connectivity index (χ4v) is 6.73. The molecule has 0 aromatic rings. The highest BCUT2D eigenvalue weighted by Crippen LogP contribution is 2.38. The molecule has 0 aliphatic carbocycles. The average molecular weight is 822 g/mol. The van der Waals surface area contributed by atoms with Crippen LogP contribution in [0.1, 0.15) is 181 Å². The minimum Gasteiger partial charge on any atom is -0.756 e. The summed E-state index contributed by atoms with van der Waals surface area (Å²) in [5, 5.41) is 0. The predicted octanol–water partition coefficient (Wildman–Crippen LogP) is 13.1. The molecule has 0 N–H and O–H groups in total. The van der Waals surface area contributed by atoms with Gasteiger partial charge in [-0.05, 0) is 77.0 Å². The summed E-state index contributed by atoms with van der Waals surface area (Å²) in [4.78, 5) is 25.1. The van der Waals surface area contributed by atoms with E-state index in [9.17, 15) is 14.3 Å². The van der Waals surface area contributed by atoms with Gasteiger partial charge >= 0.3 is 5.97 Å². The average Bonchev–Trinajstić information content (AvgIpc) is 3.16. The maximum absolute atomic E-state index is 12.7. The van der Waals surface area contributed by atoms with Gasteiger partial charge < -0.3 is 27.9 Å². The number of unbranched alkanes of at least 4 members (excludes halogenated alkanes) is 18. The molecule has 0 fully saturated rings. The molecule has 332 valence electrons. The SMILES string of the molecule is CC/C=C\C/C=C\C/C=C\CCCCCCCCOCC(COP(=O)([O-])OCC[N+](C)(C)C)OC(=O)CCCCCCCCCCC/C=C\C/C=C\CCCCC. The summed E-state index contributed by atoms with van der Waals surface area (Å²) in [6.45, 7) is 5.24. The van der Waals surface area contributed by atoms with Crippen molar-refractivity contribution in [1.82, 2.24) is 0 Å². The Morgan fingerprint density at radius 3 is 1.53 bits per heavy atom. The van der Waals surface area contributed by atoms with Crippen LogP contribution < -0.4 is 4.89 Å². The van der Waals surface area contributed by atoms with Gasteiger partial charge in [0.05, 0.1) is 34.4 Å². The van der Waals surface area contributed by atoms with Crippen molar-refractivity contribution in [3.63, 3.8) is 0 Å². The number of phosphoric acid groups is 1. The lowest BCUT2D eigenvalue weighted by molar-refractivity contribution is -0.870. The Kier molecular flexibility index (Phi) is 39.7. The first-order valence-electron chi connectivity index (χ1n) is 23.0. The first-order valence-corrected chi connectivity index (χ1v) is 24.5. The molecule has 57 heavy (non-hydrogen) atoms. The van der Waals surface area contributed by atoms with Crippen LogP contribution >= 0.6 is 7.82 Å². The van der Waals surface area contributed by atoms with Gasteiger partial charge in [-0.25, -0.2) is 0 Å². The Balaban J connectivity index is 4.23. The van der Waals surface area contributed by atoms with Gasteiger partial charge in [0.2, 0.25) is 0 Å². The molecule has 0 aliphatic rings. The minimum atomic E-state index is -4.53. The second-order valence-corrected chi connectivity index (χ2v) is 17.8. The van der Waals surface area contributed by atoms with Gasteiger partial charge in [0.1, 0.15) is 19.3 Å². The maximum atomic E-state index is 12.7. The van der Waals surface area contributed by atoms with E-state index in [4.69, 9.17) is 18.5 Å². The number of rotatable bonds is 42. The quantitative estimate of drug-likeness (QED) is 0.0199. The zero-order valence-corrected chi connectivity index (χ0v) is 38.4. The molecule has 0 saturated heterocycles. The van der Waals surface area contributed by atoms with Crippen molar-refractivity contribution in [2.45, 2.75) is 187 Å². The number of hydrogen-bond donors (Lipinski definition) is 0. The Morgan fingerprint density at radius 2 is 1.02 bits per heavy atom. The highest BCUT2D eigenvalue weighted by molar-refractivity contribution is 7.45. The lowest BCUT2D eigenvalue weighted by atomic mass is 10.1. The summed E-state index contributed by atoms with van der Waals surface area (Å²) in [7, 11) is 1.34. The van der Waals surface area contributed by atoms with Crippen LogP contribution in [-0.4, -0.2) is 70.7 Å². The van der Waals surface area contributed by atoms with Gasteiger partial charge in [-0.2, -0.15) is 0 Å². The molecule has 0 bridgehead atoms. The Labute approximate surface area is 351 Å². The van der Waals surface area contributed by atoms with Gasteiger partial charge in [0.15, 0.2) is 0 Å². The van der Waals surface area contributed by atoms with Gasteiger partial charge in [-0.1, -0.05) is 158 Å². The summed E-state index contributed by atoms with van der Waals surface area (Å²) in [6.07, 6.45) is 50.9. The van der Waals surface area contributed by atoms with E-state index in [2.05, 4.69) is 74.6 Å². The highest BCUT2D eigenvalue weighted by Gasteiger charge is 2.20. The van der Waals surface area contributed by atoms with Crippen LogP contribution in [0.25, 0.3) is 0 Å². The summed E-state index contributed by atoms with van der Waals surface area (Å²) in [5.74, 6) is -0.345. The second kappa shape index (κ2) is 41.0. The van der Waals surface area contributed by atoms with Crippen molar-refractivity contribution in [2.24, 2.45) is 0 Å². The van der Waals surface area contributed by atoms with Crippen LogP contribution in [0.15, 0.2) is 60.8 Å². The van der Waals surface area contributed by atoms with E-state index < -0.39 is 13.9 Å². The zero-order chi connectivity index (χ0) is 42.0. The lowest BCUT2D eigenvalue weighted by Gasteiger charge is -2.28. The Morgan fingerprint density at radius 1 is 0.561 bits per heavy atom. The molecular weight excluding hydrogens is 734 g/mol. The van der Waals surface area contributed by atoms with Crippen molar-refractivity contribution in [3.05, 3.63) is 60.8 Å². The maximum Gasteiger partial charge on any atom is 0.306 e. The molecule has 2 unspecified atom stereocenters. The number of carbonyl (C=O) groups is 1. The van der Waals surface area contributed by atoms with E-state index in [1.54, 1.807) is 0 Å². The first kappa shape index (κ1) is 55.2. The smallest absolute Gasteiger partial charge is 0.306 e. The third-order valence-electron chi connectivity index (χ3n) is 9.55. The van der Waals surface area contributed by atoms with E-state index in [1.807, 2.05) is 21.1 Å². The number of esters is 1. The van der Waals surface area contributed by atoms with E-state index in [0.717, 1.165) is 70.6 Å². The molecule has 0 aliphatic heterocycles. The second-order valence-electron chi connectivity index (χ2n) is 16.4. The molecule has 0 saturated carbocycles. The van der Waals surface area contributed by atoms with E-state index >= 15 is 0 Å². The summed E-state index contributed by atoms with van der Waals surface area (Å²) < 4.78 is 34.6. The van der Waals surface area contributed by atoms with Gasteiger partial charge in [-0.15, -0.1) is 0 Å². The minimum absolute atomic E-state index is 0.0200. The van der Waals surface area contributed by atoms with Crippen LogP contribution in [0.5, 0.6) is 0 Å². The van der Waals surface area contributed by atoms with Crippen LogP contribution in [0.4, 0.5) is 0 Å². The molecule has 0 aromatic carbocycles. The van der Waals surface area contributed by atoms with Crippen molar-refractivity contribution in [3.8, 4) is 0 Å². The zero-order valence-electron chi connectivity index (χ0n) is 37.5. The number of carbonyl (C=O) groups excluding carboxylic acids is 1. The molecule has 8 nitrogen and oxygen atoms in total. The van der Waals surface area contributed by atoms with E-state index in [1.165, 1.54) is 89.9 Å². The molecule has 0 spiro atoms. The van der Waals surface area contributed by atoms with Crippen LogP contribution in [0, 0.1) is 0 Å². The third-order valence-corrected chi connectivity index (χ3v) is 10.5. The van der Waals surface area contributed by atoms with Crippen LogP contribution in [0.2, 0.25) is 0 Å². The number of nitrogens with zero attached hydrogens (tertiary/aromatic N) is 1. The fraction of sp³-hybridized carbons (Fsp3) is 0.771. The predicted molar refractivity (Wildman–Crippen MR) is 240 cm³/mol. The number of likely N-dealkylation sites (N-methyl/N-ethyl adjacent to an activating group) is 1. The molecular formula is C48H88NO7P. The normalized spacial score (nSPS) is 14.3. The molecule has 2 atom stereocenters. The monoisotopic (exact) mass is 822 g/mol. The summed E-state index contributed by atoms with van der Waals surface area (Å²) >= 11 is 0. The number of hydrogen-bond acceptors (Lipinski definition) is 7. The van der Waals surface area contributed by atoms with E-state index in [0.29, 0.717) is 24.1 Å². The molecule has 0 heterocycles. The molecule has 9 heteroatoms. The molecule has 0 rings (SSSR count). The molecule has 0 amide bonds. The number of quaternary nitrogens is 1. The van der Waals surface area contributed by atoms with Gasteiger partial charge in [0, 0.05) is 13.0 Å². The van der Waals surface area contributed by atoms with Crippen LogP contribution in [0.3, 0.4) is 0 Å². The largest absolute Gasteiger partial charge is 0.756 e. The van der Waals surface area contributed by atoms with E-state index in [-0.39, 0.29) is 25.8 Å². The third kappa shape index (κ3) is 45.1. The summed E-state index contributed by atoms with van der Waals surface area (Å²) in [6, 6.07) is 0. The highest BCUT2D eigenvalue weighted by atomic mass is 31.2. The topological polar surface area (TPSA) is 94.1 Å². The number of phosphoric ester groups is 1. The summed E-state index contributed by atoms with van der Waals surface area (Å²) in [5.41, 5.74) is 0. The first-order chi connectivity index (χ1) is 27.6. The van der Waals surface area contributed by atoms with Crippen LogP contribution in [-0.2, 0) is 27.9 Å². The molecule has 0 radical (unpaired) electrons. The number of allylic oxidation sites excluding steroid dienone is 10. The number of ether oxygens (including phenoxy) is 2. The molecule has 0 aromatic heterocycles. The fourth-order valence-electron chi connectivity index (χ4n) is 6.00.